The fourth-order valence-corrected chi connectivity index (χ4v) is 44.9. The molecule has 0 heterocycles. The van der Waals surface area contributed by atoms with Gasteiger partial charge in [-0.2, -0.15) is 0 Å². The van der Waals surface area contributed by atoms with Crippen molar-refractivity contribution in [2.75, 3.05) is 0 Å². The summed E-state index contributed by atoms with van der Waals surface area (Å²) >= 11 is 3.63. The number of fused-ring (bicyclic) bond motifs is 4. The Bertz CT molecular complexity index is 4430. The monoisotopic (exact) mass is 2120 g/mol. The predicted molar refractivity (Wildman–Crippen MR) is 645 cm³/mol. The summed E-state index contributed by atoms with van der Waals surface area (Å²) < 4.78 is 14.3. The van der Waals surface area contributed by atoms with E-state index in [0.29, 0.717) is 127 Å². The first kappa shape index (κ1) is 130. The molecule has 11 aliphatic carbocycles. The highest BCUT2D eigenvalue weighted by molar-refractivity contribution is 9.11. The Morgan fingerprint density at radius 1 is 0.500 bits per heavy atom. The van der Waals surface area contributed by atoms with Crippen molar-refractivity contribution in [3.63, 3.8) is 0 Å². The summed E-state index contributed by atoms with van der Waals surface area (Å²) in [5, 5.41) is 61.0. The average molecular weight is 2130 g/mol. The van der Waals surface area contributed by atoms with Crippen molar-refractivity contribution in [1.82, 2.24) is 0 Å². The standard InChI is InChI=1S/C39H70OSi.2C28H46O3.C20H35Br.C20H38OSi.H2/c1-26(2)41(27(3)4,28(5)6)40-37-24-29(7)23-34(32(37)10)31(9)25-33-18-16-22-39(14)35(19-20-36(33)39)30(8)17-15-21-38(11,12)13;2*1-18(9-7-13-27(4,5)31)24-11-12-25-21(10-8-14-28(24,25)6)15-19(2)23-16-22(29)17-26(30)20(23)3;1-15(8-6-12-19(2,3)4)17-10-11-18-16(14-21)9-7-13-20(17,18)5;1-11-12-13-19(10)14-20(15(2)3)21-22(16(4)5,17(6)7)18(8)9;/h25-30,35-37H,10,15-24H2,1-9,11-14H3;10,15,18,22,24-26,29-31H,7-9,11-14,16-17H2,1-6H3;15,18,22,24-26,29-31H,3,7-14,16-17H2,1-2,4-6H3;14-15,17-18H,6-13H2,1-5H3;16-20H,2,13-14H2,1,3-10H3;1H/b33-25+,34-31-;19-15-;21-15+,23-19-;16-14+;;/t29-,30-,35?,36?,37+,39-;2*18-,22-,24?,25?,26+,28-;15-,17?,18?,20-;19-,20+;/m11111./s1/i;;;;;1+1. The van der Waals surface area contributed by atoms with E-state index in [1.165, 1.54) is 200 Å². The molecule has 146 heavy (non-hydrogen) atoms. The minimum absolute atomic E-state index is 0. The maximum absolute atomic E-state index is 10.3. The van der Waals surface area contributed by atoms with E-state index in [9.17, 15) is 30.6 Å². The van der Waals surface area contributed by atoms with Crippen LogP contribution in [0, 0.1) is 127 Å². The smallest absolute Gasteiger partial charge is 0.201 e. The molecule has 6 N–H and O–H groups in total. The van der Waals surface area contributed by atoms with Crippen LogP contribution in [0.5, 0.6) is 0 Å². The van der Waals surface area contributed by atoms with Crippen molar-refractivity contribution >= 4 is 32.6 Å². The van der Waals surface area contributed by atoms with Crippen molar-refractivity contribution in [3.8, 4) is 11.8 Å². The highest BCUT2D eigenvalue weighted by atomic mass is 79.9. The van der Waals surface area contributed by atoms with Crippen LogP contribution in [0.1, 0.15) is 515 Å². The molecule has 11 aliphatic rings. The molecule has 11 heteroatoms. The second-order valence-corrected chi connectivity index (χ2v) is 69.2. The van der Waals surface area contributed by atoms with Crippen molar-refractivity contribution in [1.29, 1.82) is 0 Å². The Kier molecular flexibility index (Phi) is 49.9. The number of hydrogen-bond acceptors (Lipinski definition) is 8. The molecule has 0 aromatic heterocycles. The van der Waals surface area contributed by atoms with Gasteiger partial charge in [0, 0.05) is 20.7 Å². The van der Waals surface area contributed by atoms with Gasteiger partial charge in [0.1, 0.15) is 0 Å². The second kappa shape index (κ2) is 56.0. The maximum atomic E-state index is 10.3. The van der Waals surface area contributed by atoms with Gasteiger partial charge in [0.05, 0.1) is 47.8 Å². The molecule has 0 amide bonds. The Morgan fingerprint density at radius 3 is 1.25 bits per heavy atom. The van der Waals surface area contributed by atoms with Gasteiger partial charge in [-0.05, 0) is 458 Å². The molecule has 8 unspecified atom stereocenters. The summed E-state index contributed by atoms with van der Waals surface area (Å²) in [6.07, 6.45) is 54.5. The quantitative estimate of drug-likeness (QED) is 0.0207. The van der Waals surface area contributed by atoms with Gasteiger partial charge in [0.15, 0.2) is 0 Å². The zero-order valence-electron chi connectivity index (χ0n) is 102. The molecular formula is C135H237BrO8Si2. The van der Waals surface area contributed by atoms with Crippen LogP contribution in [-0.2, 0) is 8.85 Å². The zero-order valence-corrected chi connectivity index (χ0v) is 106. The van der Waals surface area contributed by atoms with Crippen LogP contribution in [0.3, 0.4) is 0 Å². The molecule has 0 bridgehead atoms. The van der Waals surface area contributed by atoms with E-state index < -0.39 is 52.3 Å². The van der Waals surface area contributed by atoms with Gasteiger partial charge in [-0.3, -0.25) is 0 Å². The lowest BCUT2D eigenvalue weighted by Crippen LogP contribution is -2.51. The molecule has 0 saturated heterocycles. The highest BCUT2D eigenvalue weighted by Crippen LogP contribution is 2.65. The largest absolute Gasteiger partial charge is 0.409 e. The van der Waals surface area contributed by atoms with Gasteiger partial charge in [-0.15, -0.1) is 11.8 Å². The lowest BCUT2D eigenvalue weighted by molar-refractivity contribution is 0.0594. The molecule has 9 fully saturated rings. The van der Waals surface area contributed by atoms with E-state index in [0.717, 1.165) is 133 Å². The molecule has 0 radical (unpaired) electrons. The molecule has 24 atom stereocenters. The Balaban J connectivity index is 0.000000286. The number of aliphatic hydroxyl groups is 6. The zero-order chi connectivity index (χ0) is 110. The number of allylic oxidation sites excluding steroid dienone is 11. The third-order valence-electron chi connectivity index (χ3n) is 41.0. The first-order valence-electron chi connectivity index (χ1n) is 60.8. The third-order valence-corrected chi connectivity index (χ3v) is 53.8. The van der Waals surface area contributed by atoms with E-state index in [2.05, 4.69) is 292 Å². The van der Waals surface area contributed by atoms with E-state index in [1.54, 1.807) is 16.7 Å². The molecule has 0 aliphatic heterocycles. The minimum atomic E-state index is -1.96. The fraction of sp³-hybridized carbons (Fsp3) is 0.822. The third kappa shape index (κ3) is 34.2. The van der Waals surface area contributed by atoms with Crippen molar-refractivity contribution in [2.24, 2.45) is 115 Å². The molecule has 8 nitrogen and oxygen atoms in total. The van der Waals surface area contributed by atoms with E-state index >= 15 is 0 Å². The average Bonchev–Trinajstić information content (AvgIpc) is 1.45. The Labute approximate surface area is 915 Å². The molecule has 0 aromatic rings. The summed E-state index contributed by atoms with van der Waals surface area (Å²) in [5.41, 5.74) is 23.7. The van der Waals surface area contributed by atoms with Crippen LogP contribution >= 0.6 is 15.9 Å². The fourth-order valence-electron chi connectivity index (χ4n) is 33.2. The van der Waals surface area contributed by atoms with Gasteiger partial charge >= 0.3 is 0 Å². The number of rotatable bonds is 36. The predicted octanol–water partition coefficient (Wildman–Crippen LogP) is 39.2. The highest BCUT2D eigenvalue weighted by Gasteiger charge is 2.57. The summed E-state index contributed by atoms with van der Waals surface area (Å²) in [6.45, 7) is 101. The van der Waals surface area contributed by atoms with Crippen LogP contribution in [-0.4, -0.2) is 95.1 Å². The summed E-state index contributed by atoms with van der Waals surface area (Å²) in [5.74, 6) is 16.7. The van der Waals surface area contributed by atoms with Gasteiger partial charge < -0.3 is 39.5 Å². The van der Waals surface area contributed by atoms with E-state index in [-0.39, 0.29) is 13.6 Å². The number of aliphatic hydroxyl groups excluding tert-OH is 4. The SMILES string of the molecule is C=C(C)[C@H](C[C@H](C)CC#CC)O[Si](C(C)C)(C(C)C)C(C)C.C=C1/C(=C(C)\C=C2/CCC[C@@]3(C)C2CCC3[C@H](C)CCCC(C)(C)C)C[C@@H](C)C[C@@H]1O[Si](C(C)C)(C(C)C)C(C)C.C=C1/C(=C(C)\C=C2/CCC[C@@]3(C)C2CCC3[C@H](C)CCCC(C)(C)O)C[C@@H](O)C[C@@H]1O.CC1=C(/C(C)=C\C2=CCC[C@@]3(C)C2CCC3[C@H](C)CCCC(C)(C)O)C[C@@H](O)C[C@@H]1O.C[C@H](CCCC(C)(C)C)C1CCC2/C(=C/Br)CCC[C@@]21C.[2HH]. The molecule has 11 rings (SSSR count). The molecule has 0 spiro atoms. The number of hydrogen-bond donors (Lipinski definition) is 6. The van der Waals surface area contributed by atoms with Gasteiger partial charge in [-0.1, -0.05) is 327 Å². The minimum Gasteiger partial charge on any atom is -0.409 e. The lowest BCUT2D eigenvalue weighted by Gasteiger charge is -2.47. The number of halogens is 1. The van der Waals surface area contributed by atoms with Gasteiger partial charge in [0.25, 0.3) is 0 Å². The normalized spacial score (nSPS) is 32.5. The van der Waals surface area contributed by atoms with Gasteiger partial charge in [0.2, 0.25) is 16.6 Å². The molecular weight excluding hydrogens is 1890 g/mol. The van der Waals surface area contributed by atoms with Crippen molar-refractivity contribution in [2.45, 2.75) is 595 Å². The first-order chi connectivity index (χ1) is 67.6. The van der Waals surface area contributed by atoms with Crippen LogP contribution < -0.4 is 0 Å². The van der Waals surface area contributed by atoms with Gasteiger partial charge in [-0.25, -0.2) is 0 Å². The first-order valence-corrected chi connectivity index (χ1v) is 66.0. The topological polar surface area (TPSA) is 140 Å². The van der Waals surface area contributed by atoms with Crippen LogP contribution in [0.25, 0.3) is 0 Å². The van der Waals surface area contributed by atoms with Crippen molar-refractivity contribution in [3.05, 3.63) is 127 Å². The summed E-state index contributed by atoms with van der Waals surface area (Å²) in [7, 11) is -3.81. The Hall–Kier alpha value is -2.71. The molecule has 9 saturated carbocycles. The van der Waals surface area contributed by atoms with Crippen LogP contribution in [0.2, 0.25) is 33.2 Å². The van der Waals surface area contributed by atoms with Crippen LogP contribution in [0.15, 0.2) is 127 Å². The van der Waals surface area contributed by atoms with Crippen LogP contribution in [0.4, 0.5) is 0 Å². The second-order valence-electron chi connectivity index (χ2n) is 57.9. The van der Waals surface area contributed by atoms with E-state index in [4.69, 9.17) is 15.4 Å². The molecule has 0 aromatic carbocycles. The Morgan fingerprint density at radius 2 is 0.870 bits per heavy atom. The van der Waals surface area contributed by atoms with E-state index in [1.807, 2.05) is 41.5 Å². The van der Waals surface area contributed by atoms with Crippen molar-refractivity contribution < 1.29 is 40.9 Å². The maximum Gasteiger partial charge on any atom is 0.201 e. The summed E-state index contributed by atoms with van der Waals surface area (Å²) in [6, 6.07) is 0. The summed E-state index contributed by atoms with van der Waals surface area (Å²) in [4.78, 5) is 2.25. The molecule has 840 valence electrons. The lowest BCUT2D eigenvalue weighted by atomic mass is 9.60.